The van der Waals surface area contributed by atoms with Crippen LogP contribution in [0.5, 0.6) is 17.2 Å². The summed E-state index contributed by atoms with van der Waals surface area (Å²) in [5.74, 6) is -1.41. The van der Waals surface area contributed by atoms with Gasteiger partial charge < -0.3 is 15.3 Å². The highest BCUT2D eigenvalue weighted by atomic mass is 16.3. The van der Waals surface area contributed by atoms with Gasteiger partial charge >= 0.3 is 0 Å². The molecule has 1 aromatic carbocycles. The first-order valence-corrected chi connectivity index (χ1v) is 13.5. The van der Waals surface area contributed by atoms with Gasteiger partial charge in [-0.1, -0.05) is 58.2 Å². The van der Waals surface area contributed by atoms with Crippen molar-refractivity contribution in [3.63, 3.8) is 0 Å². The number of carbonyl (C=O) groups is 1. The van der Waals surface area contributed by atoms with Crippen LogP contribution in [0.1, 0.15) is 116 Å². The van der Waals surface area contributed by atoms with Crippen molar-refractivity contribution >= 4 is 5.78 Å². The Morgan fingerprint density at radius 1 is 0.622 bits per heavy atom. The molecule has 0 aromatic heterocycles. The van der Waals surface area contributed by atoms with E-state index in [0.717, 1.165) is 63.0 Å². The molecule has 0 aliphatic rings. The predicted molar refractivity (Wildman–Crippen MR) is 157 cm³/mol. The van der Waals surface area contributed by atoms with Crippen LogP contribution in [-0.4, -0.2) is 21.1 Å². The van der Waals surface area contributed by atoms with Gasteiger partial charge in [-0.3, -0.25) is 4.79 Å². The molecule has 4 nitrogen and oxygen atoms in total. The Kier molecular flexibility index (Phi) is 14.4. The van der Waals surface area contributed by atoms with Crippen LogP contribution in [0.15, 0.2) is 64.3 Å². The third-order valence-electron chi connectivity index (χ3n) is 6.55. The highest BCUT2D eigenvalue weighted by Crippen LogP contribution is 2.38. The highest BCUT2D eigenvalue weighted by molar-refractivity contribution is 6.00. The van der Waals surface area contributed by atoms with Crippen molar-refractivity contribution < 1.29 is 20.1 Å². The molecule has 0 saturated carbocycles. The van der Waals surface area contributed by atoms with Gasteiger partial charge in [0.15, 0.2) is 5.78 Å². The van der Waals surface area contributed by atoms with Gasteiger partial charge in [0.25, 0.3) is 0 Å². The number of carbonyl (C=O) groups excluding carboxylic acids is 1. The number of benzene rings is 1. The molecule has 0 bridgehead atoms. The Balaban J connectivity index is 2.47. The van der Waals surface area contributed by atoms with Crippen LogP contribution in [0.4, 0.5) is 0 Å². The van der Waals surface area contributed by atoms with Crippen molar-refractivity contribution in [1.82, 2.24) is 0 Å². The van der Waals surface area contributed by atoms with Gasteiger partial charge in [0.05, 0.1) is 0 Å². The van der Waals surface area contributed by atoms with Gasteiger partial charge in [-0.05, 0) is 106 Å². The van der Waals surface area contributed by atoms with Gasteiger partial charge in [0, 0.05) is 11.6 Å². The number of rotatable bonds is 15. The number of phenolic OH excluding ortho intramolecular Hbond substituents is 3. The summed E-state index contributed by atoms with van der Waals surface area (Å²) in [5, 5.41) is 30.3. The van der Waals surface area contributed by atoms with E-state index in [9.17, 15) is 20.1 Å². The Morgan fingerprint density at radius 2 is 1.03 bits per heavy atom. The van der Waals surface area contributed by atoms with Gasteiger partial charge in [0.2, 0.25) is 0 Å². The van der Waals surface area contributed by atoms with Gasteiger partial charge in [-0.25, -0.2) is 0 Å². The zero-order valence-corrected chi connectivity index (χ0v) is 24.1. The van der Waals surface area contributed by atoms with Crippen molar-refractivity contribution in [2.45, 2.75) is 106 Å². The van der Waals surface area contributed by atoms with Gasteiger partial charge in [0.1, 0.15) is 22.8 Å². The third kappa shape index (κ3) is 12.7. The van der Waals surface area contributed by atoms with Crippen LogP contribution in [0.3, 0.4) is 0 Å². The van der Waals surface area contributed by atoms with Crippen LogP contribution in [0.2, 0.25) is 0 Å². The van der Waals surface area contributed by atoms with Crippen molar-refractivity contribution in [3.05, 3.63) is 75.4 Å². The van der Waals surface area contributed by atoms with Crippen molar-refractivity contribution in [3.8, 4) is 17.2 Å². The summed E-state index contributed by atoms with van der Waals surface area (Å²) in [7, 11) is 0. The first-order chi connectivity index (χ1) is 17.4. The molecule has 0 spiro atoms. The molecule has 1 rings (SSSR count). The molecule has 0 amide bonds. The van der Waals surface area contributed by atoms with E-state index in [4.69, 9.17) is 0 Å². The lowest BCUT2D eigenvalue weighted by molar-refractivity contribution is 0.101. The first-order valence-electron chi connectivity index (χ1n) is 13.5. The third-order valence-corrected chi connectivity index (χ3v) is 6.55. The monoisotopic (exact) mass is 508 g/mol. The molecule has 1 aromatic rings. The Morgan fingerprint density at radius 3 is 1.43 bits per heavy atom. The standard InChI is InChI=1S/C33H48O4/c1-23(2)12-8-13-24(3)14-9-15-25(4)16-10-17-26(5)18-11-19-27(6)20-21-29-30(35)22-31(36)32(28(7)34)33(29)37/h12,14,16,18,20,22,35-37H,8-11,13,15,17,19,21H2,1-7H3/b24-14+,25-16+,26-18+,27-20+. The Hall–Kier alpha value is -3.01. The molecule has 4 heteroatoms. The smallest absolute Gasteiger partial charge is 0.167 e. The summed E-state index contributed by atoms with van der Waals surface area (Å²) < 4.78 is 0. The lowest BCUT2D eigenvalue weighted by Gasteiger charge is -2.11. The molecule has 0 aliphatic carbocycles. The second kappa shape index (κ2) is 16.7. The molecule has 0 aliphatic heterocycles. The van der Waals surface area contributed by atoms with E-state index in [1.165, 1.54) is 29.2 Å². The van der Waals surface area contributed by atoms with E-state index in [1.807, 2.05) is 13.0 Å². The minimum Gasteiger partial charge on any atom is -0.507 e. The largest absolute Gasteiger partial charge is 0.507 e. The molecule has 0 saturated heterocycles. The quantitative estimate of drug-likeness (QED) is 0.163. The van der Waals surface area contributed by atoms with E-state index in [-0.39, 0.29) is 22.6 Å². The second-order valence-corrected chi connectivity index (χ2v) is 10.5. The molecule has 0 fully saturated rings. The van der Waals surface area contributed by atoms with E-state index < -0.39 is 11.5 Å². The Bertz CT molecular complexity index is 1060. The SMILES string of the molecule is CC(=O)c1c(O)cc(O)c(C/C=C(\C)CC/C=C(\C)CC/C=C(\C)CC/C=C(\C)CCC=C(C)C)c1O. The van der Waals surface area contributed by atoms with E-state index in [1.54, 1.807) is 0 Å². The maximum Gasteiger partial charge on any atom is 0.167 e. The minimum absolute atomic E-state index is 0.150. The van der Waals surface area contributed by atoms with E-state index in [2.05, 4.69) is 58.9 Å². The number of ketones is 1. The lowest BCUT2D eigenvalue weighted by atomic mass is 9.99. The van der Waals surface area contributed by atoms with Crippen LogP contribution in [-0.2, 0) is 6.42 Å². The van der Waals surface area contributed by atoms with Crippen LogP contribution in [0.25, 0.3) is 0 Å². The lowest BCUT2D eigenvalue weighted by Crippen LogP contribution is -1.97. The topological polar surface area (TPSA) is 77.8 Å². The van der Waals surface area contributed by atoms with Crippen LogP contribution in [0, 0.1) is 0 Å². The summed E-state index contributed by atoms with van der Waals surface area (Å²) in [6, 6.07) is 1.11. The van der Waals surface area contributed by atoms with Gasteiger partial charge in [-0.2, -0.15) is 0 Å². The average molecular weight is 509 g/mol. The van der Waals surface area contributed by atoms with Crippen molar-refractivity contribution in [2.24, 2.45) is 0 Å². The zero-order valence-electron chi connectivity index (χ0n) is 24.1. The molecule has 0 heterocycles. The first kappa shape index (κ1) is 32.0. The number of hydrogen-bond donors (Lipinski definition) is 3. The molecular weight excluding hydrogens is 460 g/mol. The fourth-order valence-electron chi connectivity index (χ4n) is 4.14. The summed E-state index contributed by atoms with van der Waals surface area (Å²) in [5.41, 5.74) is 6.95. The summed E-state index contributed by atoms with van der Waals surface area (Å²) >= 11 is 0. The number of aromatic hydroxyl groups is 3. The molecule has 0 unspecified atom stereocenters. The summed E-state index contributed by atoms with van der Waals surface area (Å²) in [4.78, 5) is 11.7. The second-order valence-electron chi connectivity index (χ2n) is 10.5. The predicted octanol–water partition coefficient (Wildman–Crippen LogP) is 9.42. The van der Waals surface area contributed by atoms with Gasteiger partial charge in [-0.15, -0.1) is 0 Å². The molecule has 0 radical (unpaired) electrons. The number of phenols is 3. The maximum atomic E-state index is 11.7. The Labute approximate surface area is 224 Å². The average Bonchev–Trinajstić information content (AvgIpc) is 2.78. The molecular formula is C33H48O4. The minimum atomic E-state index is -0.444. The van der Waals surface area contributed by atoms with E-state index in [0.29, 0.717) is 6.42 Å². The van der Waals surface area contributed by atoms with Crippen LogP contribution >= 0.6 is 0 Å². The normalized spacial score (nSPS) is 13.2. The molecule has 0 atom stereocenters. The van der Waals surface area contributed by atoms with E-state index >= 15 is 0 Å². The van der Waals surface area contributed by atoms with Crippen molar-refractivity contribution in [2.75, 3.05) is 0 Å². The highest BCUT2D eigenvalue weighted by Gasteiger charge is 2.19. The summed E-state index contributed by atoms with van der Waals surface area (Å²) in [6.45, 7) is 14.2. The maximum absolute atomic E-state index is 11.7. The fraction of sp³-hybridized carbons (Fsp3) is 0.485. The molecule has 204 valence electrons. The zero-order chi connectivity index (χ0) is 28.0. The van der Waals surface area contributed by atoms with Crippen LogP contribution < -0.4 is 0 Å². The number of hydrogen-bond acceptors (Lipinski definition) is 4. The molecule has 37 heavy (non-hydrogen) atoms. The number of allylic oxidation sites excluding steroid dienone is 10. The summed E-state index contributed by atoms with van der Waals surface area (Å²) in [6.07, 6.45) is 20.0. The fourth-order valence-corrected chi connectivity index (χ4v) is 4.14. The van der Waals surface area contributed by atoms with Crippen molar-refractivity contribution in [1.29, 1.82) is 0 Å². The molecule has 3 N–H and O–H groups in total. The number of Topliss-reactive ketones (excluding diaryl/α,β-unsaturated/α-hetero) is 1.